The molecule has 1 heterocycles. The highest BCUT2D eigenvalue weighted by atomic mass is 16.5. The van der Waals surface area contributed by atoms with Gasteiger partial charge < -0.3 is 9.30 Å². The fourth-order valence-corrected chi connectivity index (χ4v) is 3.67. The number of rotatable bonds is 8. The molecule has 0 amide bonds. The van der Waals surface area contributed by atoms with E-state index in [1.807, 2.05) is 0 Å². The van der Waals surface area contributed by atoms with Crippen LogP contribution in [-0.2, 0) is 13.0 Å². The molecule has 0 atom stereocenters. The minimum absolute atomic E-state index is 0.634. The molecule has 3 nitrogen and oxygen atoms in total. The summed E-state index contributed by atoms with van der Waals surface area (Å²) >= 11 is 0. The fourth-order valence-electron chi connectivity index (χ4n) is 3.67. The van der Waals surface area contributed by atoms with Crippen molar-refractivity contribution >= 4 is 21.8 Å². The van der Waals surface area contributed by atoms with Gasteiger partial charge in [0.1, 0.15) is 18.2 Å². The van der Waals surface area contributed by atoms with Gasteiger partial charge in [-0.25, -0.2) is 4.98 Å². The normalized spacial score (nSPS) is 11.3. The minimum atomic E-state index is 0.634. The van der Waals surface area contributed by atoms with Crippen molar-refractivity contribution in [1.29, 1.82) is 0 Å². The average Bonchev–Trinajstić information content (AvgIpc) is 3.06. The van der Waals surface area contributed by atoms with Crippen molar-refractivity contribution < 1.29 is 4.74 Å². The second-order valence-corrected chi connectivity index (χ2v) is 6.95. The van der Waals surface area contributed by atoms with Crippen molar-refractivity contribution in [3.05, 3.63) is 72.6 Å². The van der Waals surface area contributed by atoms with Crippen LogP contribution in [0.5, 0.6) is 5.75 Å². The predicted molar refractivity (Wildman–Crippen MR) is 112 cm³/mol. The average molecular weight is 358 g/mol. The number of nitrogens with zero attached hydrogens (tertiary/aromatic N) is 2. The van der Waals surface area contributed by atoms with E-state index in [-0.39, 0.29) is 0 Å². The van der Waals surface area contributed by atoms with Crippen molar-refractivity contribution in [1.82, 2.24) is 9.55 Å². The molecule has 0 radical (unpaired) electrons. The largest absolute Gasteiger partial charge is 0.491 e. The number of benzene rings is 3. The van der Waals surface area contributed by atoms with E-state index in [1.54, 1.807) is 0 Å². The lowest BCUT2D eigenvalue weighted by molar-refractivity contribution is 0.301. The van der Waals surface area contributed by atoms with Gasteiger partial charge in [-0.3, -0.25) is 0 Å². The van der Waals surface area contributed by atoms with Crippen molar-refractivity contribution in [3.63, 3.8) is 0 Å². The van der Waals surface area contributed by atoms with E-state index in [2.05, 4.69) is 78.2 Å². The lowest BCUT2D eigenvalue weighted by Gasteiger charge is -2.12. The molecular weight excluding hydrogens is 332 g/mol. The van der Waals surface area contributed by atoms with Crippen LogP contribution in [0.3, 0.4) is 0 Å². The van der Waals surface area contributed by atoms with E-state index in [9.17, 15) is 0 Å². The van der Waals surface area contributed by atoms with Gasteiger partial charge in [0.05, 0.1) is 17.6 Å². The number of ether oxygens (including phenoxy) is 1. The van der Waals surface area contributed by atoms with Gasteiger partial charge in [-0.05, 0) is 30.0 Å². The number of hydrogen-bond acceptors (Lipinski definition) is 2. The molecule has 0 fully saturated rings. The first-order valence-electron chi connectivity index (χ1n) is 9.91. The molecule has 0 aliphatic heterocycles. The zero-order valence-corrected chi connectivity index (χ0v) is 15.9. The Labute approximate surface area is 160 Å². The molecule has 0 saturated carbocycles. The first-order valence-corrected chi connectivity index (χ1v) is 9.91. The summed E-state index contributed by atoms with van der Waals surface area (Å²) in [6, 6.07) is 23.0. The maximum absolute atomic E-state index is 6.17. The van der Waals surface area contributed by atoms with Gasteiger partial charge in [0.2, 0.25) is 0 Å². The first kappa shape index (κ1) is 17.6. The smallest absolute Gasteiger partial charge is 0.127 e. The summed E-state index contributed by atoms with van der Waals surface area (Å²) in [5, 5.41) is 2.38. The SMILES string of the molecule is CCCCCc1nc2ccccc2n1CCOc1cccc2ccccc12. The number of fused-ring (bicyclic) bond motifs is 2. The Balaban J connectivity index is 1.53. The van der Waals surface area contributed by atoms with Gasteiger partial charge in [0, 0.05) is 11.8 Å². The van der Waals surface area contributed by atoms with E-state index in [0.717, 1.165) is 24.2 Å². The number of hydrogen-bond donors (Lipinski definition) is 0. The van der Waals surface area contributed by atoms with Crippen LogP contribution in [0, 0.1) is 0 Å². The minimum Gasteiger partial charge on any atom is -0.491 e. The second-order valence-electron chi connectivity index (χ2n) is 6.95. The highest BCUT2D eigenvalue weighted by molar-refractivity contribution is 5.88. The summed E-state index contributed by atoms with van der Waals surface area (Å²) in [7, 11) is 0. The quantitative estimate of drug-likeness (QED) is 0.361. The third kappa shape index (κ3) is 3.82. The lowest BCUT2D eigenvalue weighted by atomic mass is 10.1. The van der Waals surface area contributed by atoms with Crippen LogP contribution in [0.25, 0.3) is 21.8 Å². The fraction of sp³-hybridized carbons (Fsp3) is 0.292. The van der Waals surface area contributed by atoms with E-state index in [1.165, 1.54) is 41.4 Å². The predicted octanol–water partition coefficient (Wildman–Crippen LogP) is 6.00. The molecule has 0 bridgehead atoms. The van der Waals surface area contributed by atoms with Crippen molar-refractivity contribution in [2.24, 2.45) is 0 Å². The van der Waals surface area contributed by atoms with Crippen LogP contribution >= 0.6 is 0 Å². The number of para-hydroxylation sites is 2. The molecule has 0 aliphatic rings. The Morgan fingerprint density at radius 1 is 0.889 bits per heavy atom. The van der Waals surface area contributed by atoms with Gasteiger partial charge >= 0.3 is 0 Å². The summed E-state index contributed by atoms with van der Waals surface area (Å²) in [4.78, 5) is 4.87. The van der Waals surface area contributed by atoms with Crippen LogP contribution in [0.2, 0.25) is 0 Å². The number of aromatic nitrogens is 2. The maximum Gasteiger partial charge on any atom is 0.127 e. The van der Waals surface area contributed by atoms with Gasteiger partial charge in [-0.1, -0.05) is 68.3 Å². The second kappa shape index (κ2) is 8.26. The number of aryl methyl sites for hydroxylation is 1. The molecule has 138 valence electrons. The van der Waals surface area contributed by atoms with Crippen molar-refractivity contribution in [2.45, 2.75) is 39.2 Å². The topological polar surface area (TPSA) is 27.1 Å². The van der Waals surface area contributed by atoms with Crippen LogP contribution < -0.4 is 4.74 Å². The summed E-state index contributed by atoms with van der Waals surface area (Å²) in [6.07, 6.45) is 4.68. The molecule has 3 aromatic carbocycles. The Bertz CT molecular complexity index is 1030. The molecule has 0 spiro atoms. The first-order chi connectivity index (χ1) is 13.4. The molecule has 27 heavy (non-hydrogen) atoms. The lowest BCUT2D eigenvalue weighted by Crippen LogP contribution is -2.11. The standard InChI is InChI=1S/C24H26N2O/c1-2-3-4-16-24-25-21-13-7-8-14-22(21)26(24)17-18-27-23-15-9-11-19-10-5-6-12-20(19)23/h5-15H,2-4,16-18H2,1H3. The molecule has 1 aromatic heterocycles. The maximum atomic E-state index is 6.17. The highest BCUT2D eigenvalue weighted by Gasteiger charge is 2.10. The zero-order chi connectivity index (χ0) is 18.5. The molecule has 4 aromatic rings. The monoisotopic (exact) mass is 358 g/mol. The van der Waals surface area contributed by atoms with Crippen LogP contribution in [-0.4, -0.2) is 16.2 Å². The molecule has 3 heteroatoms. The molecule has 4 rings (SSSR count). The van der Waals surface area contributed by atoms with Crippen LogP contribution in [0.1, 0.15) is 32.0 Å². The van der Waals surface area contributed by atoms with E-state index < -0.39 is 0 Å². The molecule has 0 aliphatic carbocycles. The molecule has 0 unspecified atom stereocenters. The summed E-state index contributed by atoms with van der Waals surface area (Å²) in [5.74, 6) is 2.12. The number of unbranched alkanes of at least 4 members (excludes halogenated alkanes) is 2. The summed E-state index contributed by atoms with van der Waals surface area (Å²) < 4.78 is 8.50. The Morgan fingerprint density at radius 2 is 1.70 bits per heavy atom. The summed E-state index contributed by atoms with van der Waals surface area (Å²) in [5.41, 5.74) is 2.28. The van der Waals surface area contributed by atoms with Gasteiger partial charge in [-0.2, -0.15) is 0 Å². The molecular formula is C24H26N2O. The zero-order valence-electron chi connectivity index (χ0n) is 15.9. The highest BCUT2D eigenvalue weighted by Crippen LogP contribution is 2.25. The van der Waals surface area contributed by atoms with Gasteiger partial charge in [0.15, 0.2) is 0 Å². The van der Waals surface area contributed by atoms with Crippen molar-refractivity contribution in [3.8, 4) is 5.75 Å². The van der Waals surface area contributed by atoms with E-state index in [0.29, 0.717) is 6.61 Å². The number of imidazole rings is 1. The van der Waals surface area contributed by atoms with Gasteiger partial charge in [-0.15, -0.1) is 0 Å². The Kier molecular flexibility index (Phi) is 5.38. The molecule has 0 saturated heterocycles. The molecule has 0 N–H and O–H groups in total. The third-order valence-corrected chi connectivity index (χ3v) is 5.06. The van der Waals surface area contributed by atoms with Crippen LogP contribution in [0.4, 0.5) is 0 Å². The van der Waals surface area contributed by atoms with Crippen molar-refractivity contribution in [2.75, 3.05) is 6.61 Å². The third-order valence-electron chi connectivity index (χ3n) is 5.06. The van der Waals surface area contributed by atoms with E-state index >= 15 is 0 Å². The van der Waals surface area contributed by atoms with E-state index in [4.69, 9.17) is 9.72 Å². The Morgan fingerprint density at radius 3 is 2.63 bits per heavy atom. The van der Waals surface area contributed by atoms with Gasteiger partial charge in [0.25, 0.3) is 0 Å². The Hall–Kier alpha value is -2.81. The van der Waals surface area contributed by atoms with Crippen LogP contribution in [0.15, 0.2) is 66.7 Å². The summed E-state index contributed by atoms with van der Waals surface area (Å²) in [6.45, 7) is 3.68.